The van der Waals surface area contributed by atoms with Gasteiger partial charge in [0.2, 0.25) is 0 Å². The van der Waals surface area contributed by atoms with Crippen molar-refractivity contribution in [3.63, 3.8) is 0 Å². The zero-order valence-electron chi connectivity index (χ0n) is 8.92. The van der Waals surface area contributed by atoms with Gasteiger partial charge in [0.05, 0.1) is 0 Å². The zero-order valence-corrected chi connectivity index (χ0v) is 13.6. The van der Waals surface area contributed by atoms with Crippen molar-refractivity contribution in [2.45, 2.75) is 4.90 Å². The van der Waals surface area contributed by atoms with Gasteiger partial charge in [-0.2, -0.15) is 0 Å². The van der Waals surface area contributed by atoms with Crippen molar-refractivity contribution in [3.8, 4) is 0 Å². The third kappa shape index (κ3) is 4.18. The quantitative estimate of drug-likeness (QED) is 0.213. The number of hydrogen-bond acceptors (Lipinski definition) is 5. The fourth-order valence-corrected chi connectivity index (χ4v) is 2.86. The molecule has 0 aliphatic carbocycles. The predicted octanol–water partition coefficient (Wildman–Crippen LogP) is -4.59. The van der Waals surface area contributed by atoms with Gasteiger partial charge in [0.25, 0.3) is 0 Å². The van der Waals surface area contributed by atoms with Crippen molar-refractivity contribution < 1.29 is 59.4 Å². The van der Waals surface area contributed by atoms with Crippen LogP contribution in [0.25, 0.3) is 0 Å². The summed E-state index contributed by atoms with van der Waals surface area (Å²) < 4.78 is 58.1. The Kier molecular flexibility index (Phi) is 5.78. The third-order valence-electron chi connectivity index (χ3n) is 1.75. The number of nitrogens with zero attached hydrogens (tertiary/aromatic N) is 1. The molecule has 0 saturated heterocycles. The van der Waals surface area contributed by atoms with Crippen molar-refractivity contribution in [1.82, 2.24) is 0 Å². The Bertz CT molecular complexity index is 622. The van der Waals surface area contributed by atoms with Crippen LogP contribution in [0.5, 0.6) is 0 Å². The van der Waals surface area contributed by atoms with Crippen molar-refractivity contribution in [2.24, 2.45) is 0 Å². The molecule has 0 amide bonds. The van der Waals surface area contributed by atoms with Crippen molar-refractivity contribution >= 4 is 34.3 Å². The summed E-state index contributed by atoms with van der Waals surface area (Å²) in [6, 6.07) is 1.72. The first-order valence-electron chi connectivity index (χ1n) is 3.85. The Morgan fingerprint density at radius 3 is 2.11 bits per heavy atom. The first-order chi connectivity index (χ1) is 7.53. The molecule has 9 nitrogen and oxygen atoms in total. The molecule has 0 aliphatic rings. The second-order valence-electron chi connectivity index (χ2n) is 2.93. The molecule has 0 fully saturated rings. The van der Waals surface area contributed by atoms with Crippen LogP contribution >= 0.6 is 0 Å². The van der Waals surface area contributed by atoms with E-state index in [4.69, 9.17) is 12.7 Å². The monoisotopic (exact) mass is 350 g/mol. The minimum Gasteiger partial charge on any atom is 1.00 e. The van der Waals surface area contributed by atoms with Gasteiger partial charge in [0.1, 0.15) is 0 Å². The molecule has 18 heavy (non-hydrogen) atoms. The number of nitro benzene ring substituents is 1. The summed E-state index contributed by atoms with van der Waals surface area (Å²) >= 11 is -5.36. The summed E-state index contributed by atoms with van der Waals surface area (Å²) in [6.07, 6.45) is 0. The fraction of sp³-hybridized carbons (Fsp3) is 0. The zero-order chi connectivity index (χ0) is 13.4. The topological polar surface area (TPSA) is 155 Å². The minimum absolute atomic E-state index is 0. The molecule has 0 heterocycles. The normalized spacial score (nSPS) is 11.7. The van der Waals surface area contributed by atoms with Crippen LogP contribution < -0.4 is 33.9 Å². The van der Waals surface area contributed by atoms with Gasteiger partial charge in [-0.3, -0.25) is 0 Å². The molecule has 0 bridgehead atoms. The molecule has 94 valence electrons. The number of nitro groups is 1. The van der Waals surface area contributed by atoms with Gasteiger partial charge in [-0.25, -0.2) is 0 Å². The molecular weight excluding hydrogens is 344 g/mol. The van der Waals surface area contributed by atoms with Crippen LogP contribution in [0.1, 0.15) is 0 Å². The molecule has 0 spiro atoms. The molecule has 1 aromatic carbocycles. The maximum Gasteiger partial charge on any atom is 1.00 e. The average Bonchev–Trinajstić information content (AvgIpc) is 2.14. The van der Waals surface area contributed by atoms with Gasteiger partial charge in [-0.05, 0) is 0 Å². The third-order valence-corrected chi connectivity index (χ3v) is 4.65. The minimum atomic E-state index is -5.36. The number of rotatable bonds is 3. The molecule has 12 heteroatoms. The van der Waals surface area contributed by atoms with Crippen LogP contribution in [-0.4, -0.2) is 40.3 Å². The Hall–Kier alpha value is -0.192. The molecule has 3 N–H and O–H groups in total. The molecule has 0 atom stereocenters. The summed E-state index contributed by atoms with van der Waals surface area (Å²) in [5.41, 5.74) is -1.09. The average molecular weight is 350 g/mol. The maximum atomic E-state index is 10.9. The van der Waals surface area contributed by atoms with E-state index in [0.717, 1.165) is 6.07 Å². The van der Waals surface area contributed by atoms with Gasteiger partial charge < -0.3 is 0 Å². The van der Waals surface area contributed by atoms with Gasteiger partial charge >= 0.3 is 127 Å². The van der Waals surface area contributed by atoms with Gasteiger partial charge in [-0.1, -0.05) is 0 Å². The van der Waals surface area contributed by atoms with E-state index in [0.29, 0.717) is 12.1 Å². The van der Waals surface area contributed by atoms with E-state index in [2.05, 4.69) is 0 Å². The molecule has 0 aromatic heterocycles. The standard InChI is InChI=1S/C6H6AsNO8S.Na/c9-7(10,11)4-1-2-6(17(14,15)16)5(3-4)8(12)13;/h1-3H,(H2,9,10,11)(H,14,15,16);/q;+1. The molecule has 1 rings (SSSR count). The SMILES string of the molecule is O=[N+]([O-])c1cc([As](=O)(O)O)ccc1S(=O)(=O)O.[Na+]. The van der Waals surface area contributed by atoms with Crippen molar-refractivity contribution in [3.05, 3.63) is 28.3 Å². The van der Waals surface area contributed by atoms with Gasteiger partial charge in [-0.15, -0.1) is 0 Å². The van der Waals surface area contributed by atoms with E-state index < -0.39 is 44.1 Å². The first kappa shape index (κ1) is 17.8. The number of benzene rings is 1. The smallest absolute Gasteiger partial charge is 1.00 e. The van der Waals surface area contributed by atoms with Gasteiger partial charge in [0, 0.05) is 0 Å². The predicted molar refractivity (Wildman–Crippen MR) is 53.4 cm³/mol. The fourth-order valence-electron chi connectivity index (χ4n) is 1.05. The Morgan fingerprint density at radius 2 is 1.78 bits per heavy atom. The first-order valence-corrected chi connectivity index (χ1v) is 8.68. The van der Waals surface area contributed by atoms with Gasteiger partial charge in [0.15, 0.2) is 0 Å². The van der Waals surface area contributed by atoms with E-state index in [-0.39, 0.29) is 29.6 Å². The van der Waals surface area contributed by atoms with E-state index >= 15 is 0 Å². The summed E-state index contributed by atoms with van der Waals surface area (Å²) in [5, 5.41) is 10.5. The van der Waals surface area contributed by atoms with Crippen LogP contribution in [0, 0.1) is 10.1 Å². The Morgan fingerprint density at radius 1 is 1.28 bits per heavy atom. The summed E-state index contributed by atoms with van der Waals surface area (Å²) in [5.74, 6) is 0. The van der Waals surface area contributed by atoms with Crippen molar-refractivity contribution in [2.75, 3.05) is 0 Å². The van der Waals surface area contributed by atoms with E-state index in [1.165, 1.54) is 0 Å². The molecule has 0 aliphatic heterocycles. The van der Waals surface area contributed by atoms with Crippen LogP contribution in [0.4, 0.5) is 5.69 Å². The van der Waals surface area contributed by atoms with E-state index in [1.54, 1.807) is 0 Å². The summed E-state index contributed by atoms with van der Waals surface area (Å²) in [4.78, 5) is 8.36. The van der Waals surface area contributed by atoms with Crippen molar-refractivity contribution in [1.29, 1.82) is 0 Å². The molecule has 0 unspecified atom stereocenters. The van der Waals surface area contributed by atoms with Crippen LogP contribution in [0.3, 0.4) is 0 Å². The molecule has 0 saturated carbocycles. The largest absolute Gasteiger partial charge is 1.00 e. The second-order valence-corrected chi connectivity index (χ2v) is 7.68. The summed E-state index contributed by atoms with van der Waals surface area (Å²) in [7, 11) is -4.83. The van der Waals surface area contributed by atoms with Crippen LogP contribution in [0.15, 0.2) is 23.1 Å². The molecule has 0 radical (unpaired) electrons. The van der Waals surface area contributed by atoms with E-state index in [9.17, 15) is 22.3 Å². The number of hydrogen-bond donors (Lipinski definition) is 3. The van der Waals surface area contributed by atoms with E-state index in [1.807, 2.05) is 0 Å². The molecular formula is C6H6AsNNaO8S+. The second kappa shape index (κ2) is 5.84. The Balaban J connectivity index is 0.00000289. The van der Waals surface area contributed by atoms with Crippen LogP contribution in [0.2, 0.25) is 0 Å². The maximum absolute atomic E-state index is 10.9. The summed E-state index contributed by atoms with van der Waals surface area (Å²) in [6.45, 7) is 0. The Labute approximate surface area is 126 Å². The van der Waals surface area contributed by atoms with Crippen LogP contribution in [-0.2, 0) is 13.9 Å². The molecule has 1 aromatic rings.